The first kappa shape index (κ1) is 17.5. The van der Waals surface area contributed by atoms with Gasteiger partial charge in [-0.3, -0.25) is 4.90 Å². The van der Waals surface area contributed by atoms with Crippen molar-refractivity contribution >= 4 is 6.09 Å². The fraction of sp³-hybridized carbons (Fsp3) is 0.588. The van der Waals surface area contributed by atoms with Crippen molar-refractivity contribution in [1.29, 1.82) is 0 Å². The molecule has 21 heavy (non-hydrogen) atoms. The maximum atomic E-state index is 12.5. The molecule has 1 amide bonds. The second-order valence-corrected chi connectivity index (χ2v) is 6.59. The van der Waals surface area contributed by atoms with E-state index in [1.54, 1.807) is 4.90 Å². The van der Waals surface area contributed by atoms with Crippen LogP contribution < -0.4 is 0 Å². The predicted octanol–water partition coefficient (Wildman–Crippen LogP) is 3.44. The summed E-state index contributed by atoms with van der Waals surface area (Å²) < 4.78 is 5.48. The number of carbonyl (C=O) groups is 1. The van der Waals surface area contributed by atoms with Crippen LogP contribution >= 0.6 is 0 Å². The molecule has 118 valence electrons. The molecule has 1 rings (SSSR count). The first-order valence-corrected chi connectivity index (χ1v) is 7.39. The van der Waals surface area contributed by atoms with E-state index in [-0.39, 0.29) is 24.7 Å². The summed E-state index contributed by atoms with van der Waals surface area (Å²) >= 11 is 0. The standard InChI is InChI=1S/C17H27NO3/c1-13(2)15(12-19)18(16(20)21-17(3,4)5)11-14-9-7-6-8-10-14/h6-10,13,15,19H,11-12H2,1-5H3. The van der Waals surface area contributed by atoms with Gasteiger partial charge >= 0.3 is 6.09 Å². The molecule has 0 saturated heterocycles. The number of nitrogens with zero attached hydrogens (tertiary/aromatic N) is 1. The Kier molecular flexibility index (Phi) is 6.21. The Bertz CT molecular complexity index is 437. The highest BCUT2D eigenvalue weighted by atomic mass is 16.6. The Morgan fingerprint density at radius 2 is 1.81 bits per heavy atom. The molecule has 0 aliphatic rings. The lowest BCUT2D eigenvalue weighted by molar-refractivity contribution is -0.0000935. The Hall–Kier alpha value is -1.55. The smallest absolute Gasteiger partial charge is 0.410 e. The number of carbonyl (C=O) groups excluding carboxylic acids is 1. The summed E-state index contributed by atoms with van der Waals surface area (Å²) in [6.45, 7) is 9.86. The van der Waals surface area contributed by atoms with E-state index >= 15 is 0 Å². The van der Waals surface area contributed by atoms with Gasteiger partial charge in [0.15, 0.2) is 0 Å². The van der Waals surface area contributed by atoms with Gasteiger partial charge in [-0.15, -0.1) is 0 Å². The molecule has 0 fully saturated rings. The third kappa shape index (κ3) is 5.76. The van der Waals surface area contributed by atoms with Crippen LogP contribution in [-0.4, -0.2) is 34.3 Å². The van der Waals surface area contributed by atoms with Gasteiger partial charge in [-0.2, -0.15) is 0 Å². The van der Waals surface area contributed by atoms with E-state index in [0.29, 0.717) is 6.54 Å². The Morgan fingerprint density at radius 1 is 1.24 bits per heavy atom. The van der Waals surface area contributed by atoms with Crippen LogP contribution in [0.4, 0.5) is 4.79 Å². The maximum Gasteiger partial charge on any atom is 0.410 e. The third-order valence-electron chi connectivity index (χ3n) is 3.18. The first-order chi connectivity index (χ1) is 9.74. The van der Waals surface area contributed by atoms with E-state index in [9.17, 15) is 9.90 Å². The van der Waals surface area contributed by atoms with Crippen LogP contribution in [0.25, 0.3) is 0 Å². The van der Waals surface area contributed by atoms with Crippen LogP contribution in [-0.2, 0) is 11.3 Å². The number of aliphatic hydroxyl groups is 1. The summed E-state index contributed by atoms with van der Waals surface area (Å²) in [5.74, 6) is 0.145. The molecular weight excluding hydrogens is 266 g/mol. The van der Waals surface area contributed by atoms with Crippen LogP contribution in [0, 0.1) is 5.92 Å². The number of rotatable bonds is 5. The number of hydrogen-bond acceptors (Lipinski definition) is 3. The minimum Gasteiger partial charge on any atom is -0.444 e. The third-order valence-corrected chi connectivity index (χ3v) is 3.18. The van der Waals surface area contributed by atoms with Gasteiger partial charge in [0, 0.05) is 6.54 Å². The molecule has 4 nitrogen and oxygen atoms in total. The van der Waals surface area contributed by atoms with Crippen molar-refractivity contribution in [1.82, 2.24) is 4.90 Å². The Morgan fingerprint density at radius 3 is 2.24 bits per heavy atom. The molecule has 0 aliphatic carbocycles. The Balaban J connectivity index is 2.96. The van der Waals surface area contributed by atoms with Gasteiger partial charge in [-0.25, -0.2) is 4.79 Å². The minimum atomic E-state index is -0.553. The van der Waals surface area contributed by atoms with Crippen molar-refractivity contribution in [2.24, 2.45) is 5.92 Å². The monoisotopic (exact) mass is 293 g/mol. The van der Waals surface area contributed by atoms with E-state index in [4.69, 9.17) is 4.74 Å². The summed E-state index contributed by atoms with van der Waals surface area (Å²) in [5, 5.41) is 9.64. The molecule has 0 aromatic heterocycles. The highest BCUT2D eigenvalue weighted by Gasteiger charge is 2.29. The number of aliphatic hydroxyl groups excluding tert-OH is 1. The molecule has 0 spiro atoms. The van der Waals surface area contributed by atoms with Gasteiger partial charge in [-0.05, 0) is 32.3 Å². The summed E-state index contributed by atoms with van der Waals surface area (Å²) in [6.07, 6.45) is -0.390. The van der Waals surface area contributed by atoms with Gasteiger partial charge in [0.1, 0.15) is 5.60 Å². The highest BCUT2D eigenvalue weighted by Crippen LogP contribution is 2.19. The van der Waals surface area contributed by atoms with Crippen molar-refractivity contribution in [3.05, 3.63) is 35.9 Å². The van der Waals surface area contributed by atoms with Crippen LogP contribution in [0.15, 0.2) is 30.3 Å². The predicted molar refractivity (Wildman–Crippen MR) is 83.9 cm³/mol. The molecule has 1 atom stereocenters. The first-order valence-electron chi connectivity index (χ1n) is 7.39. The lowest BCUT2D eigenvalue weighted by Crippen LogP contribution is -2.47. The number of ether oxygens (including phenoxy) is 1. The van der Waals surface area contributed by atoms with E-state index in [1.165, 1.54) is 0 Å². The van der Waals surface area contributed by atoms with Gasteiger partial charge < -0.3 is 9.84 Å². The van der Waals surface area contributed by atoms with Gasteiger partial charge in [0.2, 0.25) is 0 Å². The van der Waals surface area contributed by atoms with Crippen LogP contribution in [0.2, 0.25) is 0 Å². The average Bonchev–Trinajstić information content (AvgIpc) is 2.37. The molecule has 1 N–H and O–H groups in total. The van der Waals surface area contributed by atoms with Gasteiger partial charge in [0.05, 0.1) is 12.6 Å². The SMILES string of the molecule is CC(C)C(CO)N(Cc1ccccc1)C(=O)OC(C)(C)C. The van der Waals surface area contributed by atoms with E-state index < -0.39 is 5.60 Å². The molecule has 4 heteroatoms. The average molecular weight is 293 g/mol. The van der Waals surface area contributed by atoms with Crippen molar-refractivity contribution in [3.63, 3.8) is 0 Å². The summed E-state index contributed by atoms with van der Waals surface area (Å²) in [5.41, 5.74) is 0.464. The second kappa shape index (κ2) is 7.46. The largest absolute Gasteiger partial charge is 0.444 e. The normalized spacial score (nSPS) is 13.1. The van der Waals surface area contributed by atoms with E-state index in [2.05, 4.69) is 0 Å². The molecule has 0 heterocycles. The summed E-state index contributed by atoms with van der Waals surface area (Å²) in [4.78, 5) is 14.1. The fourth-order valence-corrected chi connectivity index (χ4v) is 2.09. The van der Waals surface area contributed by atoms with Crippen LogP contribution in [0.3, 0.4) is 0 Å². The van der Waals surface area contributed by atoms with Crippen molar-refractivity contribution in [2.75, 3.05) is 6.61 Å². The highest BCUT2D eigenvalue weighted by molar-refractivity contribution is 5.68. The molecule has 1 unspecified atom stereocenters. The quantitative estimate of drug-likeness (QED) is 0.904. The zero-order chi connectivity index (χ0) is 16.0. The molecule has 0 bridgehead atoms. The molecule has 0 aliphatic heterocycles. The second-order valence-electron chi connectivity index (χ2n) is 6.59. The van der Waals surface area contributed by atoms with E-state index in [1.807, 2.05) is 65.0 Å². The molecule has 1 aromatic rings. The lowest BCUT2D eigenvalue weighted by Gasteiger charge is -2.34. The topological polar surface area (TPSA) is 49.8 Å². The molecular formula is C17H27NO3. The van der Waals surface area contributed by atoms with Crippen molar-refractivity contribution < 1.29 is 14.6 Å². The van der Waals surface area contributed by atoms with Crippen LogP contribution in [0.1, 0.15) is 40.2 Å². The van der Waals surface area contributed by atoms with Gasteiger partial charge in [0.25, 0.3) is 0 Å². The maximum absolute atomic E-state index is 12.5. The minimum absolute atomic E-state index is 0.0796. The lowest BCUT2D eigenvalue weighted by atomic mass is 10.0. The number of hydrogen-bond donors (Lipinski definition) is 1. The van der Waals surface area contributed by atoms with E-state index in [0.717, 1.165) is 5.56 Å². The number of amides is 1. The van der Waals surface area contributed by atoms with Crippen molar-refractivity contribution in [2.45, 2.75) is 52.8 Å². The van der Waals surface area contributed by atoms with Crippen molar-refractivity contribution in [3.8, 4) is 0 Å². The number of benzene rings is 1. The molecule has 0 saturated carbocycles. The Labute approximate surface area is 127 Å². The summed E-state index contributed by atoms with van der Waals surface area (Å²) in [6, 6.07) is 9.48. The van der Waals surface area contributed by atoms with Crippen LogP contribution in [0.5, 0.6) is 0 Å². The fourth-order valence-electron chi connectivity index (χ4n) is 2.09. The summed E-state index contributed by atoms with van der Waals surface area (Å²) in [7, 11) is 0. The molecule has 0 radical (unpaired) electrons. The molecule has 1 aromatic carbocycles. The van der Waals surface area contributed by atoms with Gasteiger partial charge in [-0.1, -0.05) is 44.2 Å². The zero-order valence-corrected chi connectivity index (χ0v) is 13.7. The zero-order valence-electron chi connectivity index (χ0n) is 13.7.